The van der Waals surface area contributed by atoms with E-state index >= 15 is 0 Å². The largest absolute Gasteiger partial charge is 0.353 e. The molecule has 1 saturated heterocycles. The molecule has 0 bridgehead atoms. The summed E-state index contributed by atoms with van der Waals surface area (Å²) in [5.74, 6) is 1.98. The van der Waals surface area contributed by atoms with Gasteiger partial charge in [0.1, 0.15) is 5.82 Å². The minimum Gasteiger partial charge on any atom is -0.353 e. The Morgan fingerprint density at radius 2 is 1.70 bits per heavy atom. The molecule has 1 aromatic heterocycles. The van der Waals surface area contributed by atoms with Crippen molar-refractivity contribution in [3.63, 3.8) is 0 Å². The molecule has 20 heavy (non-hydrogen) atoms. The fourth-order valence-corrected chi connectivity index (χ4v) is 3.53. The third-order valence-corrected chi connectivity index (χ3v) is 4.88. The van der Waals surface area contributed by atoms with Crippen molar-refractivity contribution in [2.45, 2.75) is 45.6 Å². The van der Waals surface area contributed by atoms with E-state index in [0.29, 0.717) is 0 Å². The highest BCUT2D eigenvalue weighted by Gasteiger charge is 2.27. The highest BCUT2D eigenvalue weighted by molar-refractivity contribution is 5.36. The van der Waals surface area contributed by atoms with E-state index in [9.17, 15) is 0 Å². The van der Waals surface area contributed by atoms with Crippen LogP contribution in [0.3, 0.4) is 0 Å². The van der Waals surface area contributed by atoms with E-state index in [0.717, 1.165) is 36.6 Å². The summed E-state index contributed by atoms with van der Waals surface area (Å²) < 4.78 is 0. The van der Waals surface area contributed by atoms with Crippen molar-refractivity contribution in [1.29, 1.82) is 0 Å². The Kier molecular flexibility index (Phi) is 4.20. The van der Waals surface area contributed by atoms with Gasteiger partial charge in [-0.3, -0.25) is 9.88 Å². The molecular formula is C16H26N4. The molecule has 0 spiro atoms. The molecule has 0 radical (unpaired) electrons. The summed E-state index contributed by atoms with van der Waals surface area (Å²) in [6.45, 7) is 8.93. The van der Waals surface area contributed by atoms with Crippen LogP contribution in [0.15, 0.2) is 12.4 Å². The molecule has 110 valence electrons. The third kappa shape index (κ3) is 3.11. The van der Waals surface area contributed by atoms with Crippen LogP contribution in [0, 0.1) is 12.8 Å². The van der Waals surface area contributed by atoms with Crippen LogP contribution in [0.25, 0.3) is 0 Å². The van der Waals surface area contributed by atoms with Gasteiger partial charge in [0.05, 0.1) is 11.9 Å². The highest BCUT2D eigenvalue weighted by atomic mass is 15.3. The molecule has 1 aromatic rings. The zero-order valence-electron chi connectivity index (χ0n) is 12.8. The van der Waals surface area contributed by atoms with Crippen molar-refractivity contribution in [2.75, 3.05) is 31.1 Å². The van der Waals surface area contributed by atoms with Gasteiger partial charge in [-0.05, 0) is 38.5 Å². The zero-order valence-corrected chi connectivity index (χ0v) is 12.8. The Morgan fingerprint density at radius 1 is 1.00 bits per heavy atom. The Bertz CT molecular complexity index is 432. The average Bonchev–Trinajstić information content (AvgIpc) is 2.48. The van der Waals surface area contributed by atoms with Crippen molar-refractivity contribution < 1.29 is 0 Å². The molecule has 2 heterocycles. The molecule has 0 unspecified atom stereocenters. The van der Waals surface area contributed by atoms with E-state index in [-0.39, 0.29) is 0 Å². The van der Waals surface area contributed by atoms with Gasteiger partial charge in [-0.25, -0.2) is 4.98 Å². The van der Waals surface area contributed by atoms with Gasteiger partial charge in [0.25, 0.3) is 0 Å². The normalized spacial score (nSPS) is 28.6. The van der Waals surface area contributed by atoms with E-state index in [1.165, 1.54) is 38.8 Å². The number of aromatic nitrogens is 2. The van der Waals surface area contributed by atoms with Crippen molar-refractivity contribution in [2.24, 2.45) is 5.92 Å². The molecule has 4 heteroatoms. The molecule has 0 aromatic carbocycles. The summed E-state index contributed by atoms with van der Waals surface area (Å²) in [5.41, 5.74) is 1.01. The zero-order chi connectivity index (χ0) is 13.9. The maximum atomic E-state index is 4.59. The number of rotatable bonds is 2. The Labute approximate surface area is 122 Å². The number of piperazine rings is 1. The lowest BCUT2D eigenvalue weighted by molar-refractivity contribution is 0.132. The SMILES string of the molecule is Cc1cncc(N2CCN(C3CCC(C)CC3)CC2)n1. The van der Waals surface area contributed by atoms with Crippen LogP contribution in [-0.4, -0.2) is 47.1 Å². The summed E-state index contributed by atoms with van der Waals surface area (Å²) in [6.07, 6.45) is 9.33. The lowest BCUT2D eigenvalue weighted by Gasteiger charge is -2.42. The van der Waals surface area contributed by atoms with Gasteiger partial charge in [0.2, 0.25) is 0 Å². The van der Waals surface area contributed by atoms with Gasteiger partial charge in [0, 0.05) is 38.4 Å². The van der Waals surface area contributed by atoms with Crippen LogP contribution < -0.4 is 4.90 Å². The molecule has 0 N–H and O–H groups in total. The molecule has 1 aliphatic carbocycles. The van der Waals surface area contributed by atoms with Gasteiger partial charge in [-0.2, -0.15) is 0 Å². The Morgan fingerprint density at radius 3 is 2.35 bits per heavy atom. The van der Waals surface area contributed by atoms with E-state index in [4.69, 9.17) is 0 Å². The second-order valence-corrected chi connectivity index (χ2v) is 6.46. The van der Waals surface area contributed by atoms with E-state index < -0.39 is 0 Å². The second-order valence-electron chi connectivity index (χ2n) is 6.46. The van der Waals surface area contributed by atoms with Gasteiger partial charge in [0.15, 0.2) is 0 Å². The van der Waals surface area contributed by atoms with E-state index in [2.05, 4.69) is 26.7 Å². The monoisotopic (exact) mass is 274 g/mol. The summed E-state index contributed by atoms with van der Waals surface area (Å²) in [4.78, 5) is 13.9. The van der Waals surface area contributed by atoms with Gasteiger partial charge in [-0.1, -0.05) is 6.92 Å². The summed E-state index contributed by atoms with van der Waals surface area (Å²) >= 11 is 0. The standard InChI is InChI=1S/C16H26N4/c1-13-3-5-15(6-4-13)19-7-9-20(10-8-19)16-12-17-11-14(2)18-16/h11-13,15H,3-10H2,1-2H3. The summed E-state index contributed by atoms with van der Waals surface area (Å²) in [6, 6.07) is 0.831. The third-order valence-electron chi connectivity index (χ3n) is 4.88. The first-order chi connectivity index (χ1) is 9.72. The minimum atomic E-state index is 0.831. The van der Waals surface area contributed by atoms with Crippen LogP contribution in [0.5, 0.6) is 0 Å². The van der Waals surface area contributed by atoms with Crippen LogP contribution in [-0.2, 0) is 0 Å². The first kappa shape index (κ1) is 13.8. The predicted octanol–water partition coefficient (Wildman–Crippen LogP) is 2.49. The van der Waals surface area contributed by atoms with Gasteiger partial charge in [-0.15, -0.1) is 0 Å². The molecule has 0 atom stereocenters. The van der Waals surface area contributed by atoms with Crippen molar-refractivity contribution in [1.82, 2.24) is 14.9 Å². The fraction of sp³-hybridized carbons (Fsp3) is 0.750. The van der Waals surface area contributed by atoms with Crippen LogP contribution in [0.2, 0.25) is 0 Å². The molecule has 4 nitrogen and oxygen atoms in total. The van der Waals surface area contributed by atoms with Crippen LogP contribution in [0.4, 0.5) is 5.82 Å². The molecule has 1 aliphatic heterocycles. The second kappa shape index (κ2) is 6.08. The predicted molar refractivity (Wildman–Crippen MR) is 82.0 cm³/mol. The van der Waals surface area contributed by atoms with E-state index in [1.807, 2.05) is 19.3 Å². The average molecular weight is 274 g/mol. The minimum absolute atomic E-state index is 0.831. The fourth-order valence-electron chi connectivity index (χ4n) is 3.53. The molecular weight excluding hydrogens is 248 g/mol. The maximum absolute atomic E-state index is 4.59. The van der Waals surface area contributed by atoms with Crippen molar-refractivity contribution >= 4 is 5.82 Å². The topological polar surface area (TPSA) is 32.3 Å². The summed E-state index contributed by atoms with van der Waals surface area (Å²) in [7, 11) is 0. The Hall–Kier alpha value is -1.16. The Balaban J connectivity index is 1.54. The lowest BCUT2D eigenvalue weighted by atomic mass is 9.86. The van der Waals surface area contributed by atoms with Gasteiger partial charge >= 0.3 is 0 Å². The van der Waals surface area contributed by atoms with Crippen LogP contribution >= 0.6 is 0 Å². The molecule has 0 amide bonds. The number of anilines is 1. The molecule has 3 rings (SSSR count). The van der Waals surface area contributed by atoms with E-state index in [1.54, 1.807) is 0 Å². The lowest BCUT2D eigenvalue weighted by Crippen LogP contribution is -2.51. The first-order valence-electron chi connectivity index (χ1n) is 8.00. The number of hydrogen-bond acceptors (Lipinski definition) is 4. The number of aryl methyl sites for hydroxylation is 1. The number of nitrogens with zero attached hydrogens (tertiary/aromatic N) is 4. The number of hydrogen-bond donors (Lipinski definition) is 0. The highest BCUT2D eigenvalue weighted by Crippen LogP contribution is 2.28. The van der Waals surface area contributed by atoms with Gasteiger partial charge < -0.3 is 4.90 Å². The molecule has 2 fully saturated rings. The quantitative estimate of drug-likeness (QED) is 0.829. The van der Waals surface area contributed by atoms with Crippen LogP contribution in [0.1, 0.15) is 38.3 Å². The smallest absolute Gasteiger partial charge is 0.147 e. The molecule has 1 saturated carbocycles. The summed E-state index contributed by atoms with van der Waals surface area (Å²) in [5, 5.41) is 0. The molecule has 2 aliphatic rings. The van der Waals surface area contributed by atoms with Crippen molar-refractivity contribution in [3.8, 4) is 0 Å². The maximum Gasteiger partial charge on any atom is 0.147 e. The van der Waals surface area contributed by atoms with Crippen molar-refractivity contribution in [3.05, 3.63) is 18.1 Å². The first-order valence-corrected chi connectivity index (χ1v) is 8.00.